The number of carbonyl (C=O) groups is 3. The first kappa shape index (κ1) is 13.1. The van der Waals surface area contributed by atoms with E-state index < -0.39 is 17.4 Å². The molecule has 2 aliphatic rings. The molecule has 2 fully saturated rings. The molecule has 0 aromatic rings. The van der Waals surface area contributed by atoms with Gasteiger partial charge in [-0.1, -0.05) is 12.8 Å². The third-order valence-corrected chi connectivity index (χ3v) is 4.25. The van der Waals surface area contributed by atoms with Crippen LogP contribution in [0.15, 0.2) is 0 Å². The minimum absolute atomic E-state index is 0.132. The highest BCUT2D eigenvalue weighted by Crippen LogP contribution is 2.33. The summed E-state index contributed by atoms with van der Waals surface area (Å²) in [6, 6.07) is -0.698. The molecule has 4 amide bonds. The first-order chi connectivity index (χ1) is 8.35. The second kappa shape index (κ2) is 4.37. The average Bonchev–Trinajstić information content (AvgIpc) is 2.80. The predicted octanol–water partition coefficient (Wildman–Crippen LogP) is 1.67. The first-order valence-corrected chi connectivity index (χ1v) is 6.54. The molecule has 5 heteroatoms. The Balaban J connectivity index is 2.23. The summed E-state index contributed by atoms with van der Waals surface area (Å²) in [5, 5.41) is 2.28. The van der Waals surface area contributed by atoms with E-state index in [1.807, 2.05) is 6.92 Å². The fourth-order valence-corrected chi connectivity index (χ4v) is 2.82. The fraction of sp³-hybridized carbons (Fsp3) is 0.769. The van der Waals surface area contributed by atoms with Crippen molar-refractivity contribution in [1.82, 2.24) is 10.2 Å². The van der Waals surface area contributed by atoms with E-state index in [2.05, 4.69) is 5.32 Å². The number of hydrogen-bond donors (Lipinski definition) is 1. The Bertz CT molecular complexity index is 397. The molecule has 1 aliphatic heterocycles. The first-order valence-electron chi connectivity index (χ1n) is 6.54. The number of nitrogens with zero attached hydrogens (tertiary/aromatic N) is 1. The van der Waals surface area contributed by atoms with Crippen molar-refractivity contribution in [2.45, 2.75) is 52.5 Å². The largest absolute Gasteiger partial charge is 0.331 e. The quantitative estimate of drug-likeness (QED) is 0.760. The van der Waals surface area contributed by atoms with Gasteiger partial charge in [-0.3, -0.25) is 19.8 Å². The second-order valence-electron chi connectivity index (χ2n) is 5.84. The van der Waals surface area contributed by atoms with Gasteiger partial charge in [0.25, 0.3) is 0 Å². The Labute approximate surface area is 107 Å². The number of hydrogen-bond acceptors (Lipinski definition) is 3. The maximum atomic E-state index is 12.3. The summed E-state index contributed by atoms with van der Waals surface area (Å²) < 4.78 is 0. The molecule has 2 rings (SSSR count). The van der Waals surface area contributed by atoms with Crippen LogP contribution >= 0.6 is 0 Å². The van der Waals surface area contributed by atoms with Crippen molar-refractivity contribution >= 4 is 17.8 Å². The van der Waals surface area contributed by atoms with E-state index in [4.69, 9.17) is 0 Å². The van der Waals surface area contributed by atoms with Crippen molar-refractivity contribution < 1.29 is 14.4 Å². The van der Waals surface area contributed by atoms with Crippen LogP contribution in [0.2, 0.25) is 0 Å². The molecule has 18 heavy (non-hydrogen) atoms. The Kier molecular flexibility index (Phi) is 3.17. The lowest BCUT2D eigenvalue weighted by atomic mass is 9.86. The Morgan fingerprint density at radius 1 is 1.22 bits per heavy atom. The summed E-state index contributed by atoms with van der Waals surface area (Å²) in [5.41, 5.74) is -1.15. The van der Waals surface area contributed by atoms with Gasteiger partial charge in [0.05, 0.1) is 0 Å². The van der Waals surface area contributed by atoms with Crippen molar-refractivity contribution in [3.63, 3.8) is 0 Å². The summed E-state index contributed by atoms with van der Waals surface area (Å²) in [6.07, 6.45) is 4.40. The number of nitrogens with one attached hydrogen (secondary N) is 1. The van der Waals surface area contributed by atoms with Gasteiger partial charge in [-0.25, -0.2) is 4.79 Å². The normalized spacial score (nSPS) is 26.4. The molecule has 1 aliphatic carbocycles. The predicted molar refractivity (Wildman–Crippen MR) is 65.6 cm³/mol. The van der Waals surface area contributed by atoms with Gasteiger partial charge < -0.3 is 0 Å². The lowest BCUT2D eigenvalue weighted by molar-refractivity contribution is -0.151. The van der Waals surface area contributed by atoms with E-state index in [1.54, 1.807) is 13.8 Å². The zero-order valence-corrected chi connectivity index (χ0v) is 11.2. The molecule has 1 N–H and O–H groups in total. The highest BCUT2D eigenvalue weighted by Gasteiger charge is 2.49. The van der Waals surface area contributed by atoms with Crippen LogP contribution in [-0.4, -0.2) is 28.8 Å². The topological polar surface area (TPSA) is 66.5 Å². The van der Waals surface area contributed by atoms with E-state index in [9.17, 15) is 14.4 Å². The summed E-state index contributed by atoms with van der Waals surface area (Å²) >= 11 is 0. The van der Waals surface area contributed by atoms with Gasteiger partial charge in [-0.15, -0.1) is 0 Å². The lowest BCUT2D eigenvalue weighted by Crippen LogP contribution is -2.64. The van der Waals surface area contributed by atoms with Gasteiger partial charge in [-0.2, -0.15) is 0 Å². The van der Waals surface area contributed by atoms with Crippen LogP contribution < -0.4 is 5.32 Å². The monoisotopic (exact) mass is 252 g/mol. The number of barbiturate groups is 1. The van der Waals surface area contributed by atoms with Crippen molar-refractivity contribution in [2.75, 3.05) is 0 Å². The number of imide groups is 2. The Morgan fingerprint density at radius 2 is 1.78 bits per heavy atom. The minimum atomic E-state index is -1.15. The van der Waals surface area contributed by atoms with Gasteiger partial charge in [0.2, 0.25) is 11.8 Å². The highest BCUT2D eigenvalue weighted by molar-refractivity contribution is 6.18. The van der Waals surface area contributed by atoms with Crippen LogP contribution in [0, 0.1) is 11.3 Å². The SMILES string of the molecule is CC(C1CCCC1)N1C(=O)NC(=O)C(C)(C)C1=O. The van der Waals surface area contributed by atoms with Crippen LogP contribution in [-0.2, 0) is 9.59 Å². The highest BCUT2D eigenvalue weighted by atomic mass is 16.2. The number of carbonyl (C=O) groups excluding carboxylic acids is 3. The zero-order valence-electron chi connectivity index (χ0n) is 11.2. The number of rotatable bonds is 2. The zero-order chi connectivity index (χ0) is 13.5. The Hall–Kier alpha value is -1.39. The van der Waals surface area contributed by atoms with Gasteiger partial charge >= 0.3 is 6.03 Å². The smallest absolute Gasteiger partial charge is 0.277 e. The van der Waals surface area contributed by atoms with Gasteiger partial charge in [0.1, 0.15) is 5.41 Å². The third kappa shape index (κ3) is 1.91. The van der Waals surface area contributed by atoms with Crippen molar-refractivity contribution in [3.05, 3.63) is 0 Å². The number of urea groups is 1. The van der Waals surface area contributed by atoms with E-state index in [1.165, 1.54) is 4.90 Å². The van der Waals surface area contributed by atoms with Crippen molar-refractivity contribution in [2.24, 2.45) is 11.3 Å². The molecule has 100 valence electrons. The van der Waals surface area contributed by atoms with E-state index in [0.717, 1.165) is 25.7 Å². The molecular weight excluding hydrogens is 232 g/mol. The molecule has 0 spiro atoms. The van der Waals surface area contributed by atoms with Crippen LogP contribution in [0.3, 0.4) is 0 Å². The third-order valence-electron chi connectivity index (χ3n) is 4.25. The maximum absolute atomic E-state index is 12.3. The molecule has 1 unspecified atom stereocenters. The van der Waals surface area contributed by atoms with E-state index >= 15 is 0 Å². The summed E-state index contributed by atoms with van der Waals surface area (Å²) in [7, 11) is 0. The van der Waals surface area contributed by atoms with Crippen LogP contribution in [0.5, 0.6) is 0 Å². The van der Waals surface area contributed by atoms with E-state index in [-0.39, 0.29) is 11.9 Å². The van der Waals surface area contributed by atoms with E-state index in [0.29, 0.717) is 5.92 Å². The second-order valence-corrected chi connectivity index (χ2v) is 5.84. The van der Waals surface area contributed by atoms with Gasteiger partial charge in [0, 0.05) is 6.04 Å². The molecule has 1 saturated heterocycles. The number of amides is 4. The fourth-order valence-electron chi connectivity index (χ4n) is 2.82. The molecule has 1 atom stereocenters. The van der Waals surface area contributed by atoms with Crippen molar-refractivity contribution in [3.8, 4) is 0 Å². The molecular formula is C13H20N2O3. The standard InChI is InChI=1S/C13H20N2O3/c1-8(9-6-4-5-7-9)15-11(17)13(2,3)10(16)14-12(15)18/h8-9H,4-7H2,1-3H3,(H,14,16,18). The maximum Gasteiger partial charge on any atom is 0.331 e. The average molecular weight is 252 g/mol. The van der Waals surface area contributed by atoms with Gasteiger partial charge in [-0.05, 0) is 39.5 Å². The summed E-state index contributed by atoms with van der Waals surface area (Å²) in [5.74, 6) is -0.522. The summed E-state index contributed by atoms with van der Waals surface area (Å²) in [4.78, 5) is 37.1. The minimum Gasteiger partial charge on any atom is -0.277 e. The molecule has 0 radical (unpaired) electrons. The molecule has 1 saturated carbocycles. The van der Waals surface area contributed by atoms with Gasteiger partial charge in [0.15, 0.2) is 0 Å². The molecule has 0 aromatic carbocycles. The lowest BCUT2D eigenvalue weighted by Gasteiger charge is -2.39. The Morgan fingerprint density at radius 3 is 2.33 bits per heavy atom. The van der Waals surface area contributed by atoms with Crippen LogP contribution in [0.25, 0.3) is 0 Å². The molecule has 1 heterocycles. The summed E-state index contributed by atoms with van der Waals surface area (Å²) in [6.45, 7) is 5.02. The van der Waals surface area contributed by atoms with Crippen LogP contribution in [0.4, 0.5) is 4.79 Å². The molecule has 0 aromatic heterocycles. The van der Waals surface area contributed by atoms with Crippen LogP contribution in [0.1, 0.15) is 46.5 Å². The molecule has 0 bridgehead atoms. The van der Waals surface area contributed by atoms with Crippen molar-refractivity contribution in [1.29, 1.82) is 0 Å². The molecule has 5 nitrogen and oxygen atoms in total.